The average Bonchev–Trinajstić information content (AvgIpc) is 3.31. The molecule has 0 bridgehead atoms. The molecule has 11 heteroatoms. The van der Waals surface area contributed by atoms with Gasteiger partial charge in [-0.2, -0.15) is 0 Å². The number of halogens is 2. The van der Waals surface area contributed by atoms with Gasteiger partial charge in [-0.3, -0.25) is 9.36 Å². The van der Waals surface area contributed by atoms with Crippen LogP contribution in [0.3, 0.4) is 0 Å². The molecule has 0 saturated carbocycles. The van der Waals surface area contributed by atoms with Crippen LogP contribution in [0.1, 0.15) is 57.4 Å². The number of ether oxygens (including phenoxy) is 4. The Bertz CT molecular complexity index is 1970. The Morgan fingerprint density at radius 2 is 1.80 bits per heavy atom. The molecule has 3 aromatic carbocycles. The van der Waals surface area contributed by atoms with E-state index < -0.39 is 12.0 Å². The predicted molar refractivity (Wildman–Crippen MR) is 184 cm³/mol. The fourth-order valence-electron chi connectivity index (χ4n) is 5.12. The van der Waals surface area contributed by atoms with Crippen LogP contribution in [0, 0.1) is 9.39 Å². The molecular formula is C35H34FIN2O6S. The fourth-order valence-corrected chi connectivity index (χ4v) is 6.94. The summed E-state index contributed by atoms with van der Waals surface area (Å²) in [5.74, 6) is 0.806. The van der Waals surface area contributed by atoms with Crippen molar-refractivity contribution >= 4 is 46.0 Å². The molecule has 4 aromatic rings. The third-order valence-electron chi connectivity index (χ3n) is 7.02. The minimum absolute atomic E-state index is 0.127. The van der Waals surface area contributed by atoms with Crippen LogP contribution in [0.5, 0.6) is 17.2 Å². The molecule has 0 radical (unpaired) electrons. The Labute approximate surface area is 283 Å². The van der Waals surface area contributed by atoms with E-state index in [-0.39, 0.29) is 36.3 Å². The second-order valence-electron chi connectivity index (χ2n) is 10.7. The van der Waals surface area contributed by atoms with Crippen molar-refractivity contribution in [1.29, 1.82) is 0 Å². The van der Waals surface area contributed by atoms with Gasteiger partial charge in [0.25, 0.3) is 5.56 Å². The van der Waals surface area contributed by atoms with E-state index in [1.165, 1.54) is 23.5 Å². The lowest BCUT2D eigenvalue weighted by Crippen LogP contribution is -2.40. The van der Waals surface area contributed by atoms with Gasteiger partial charge in [-0.1, -0.05) is 41.7 Å². The number of hydrogen-bond acceptors (Lipinski definition) is 8. The van der Waals surface area contributed by atoms with Crippen molar-refractivity contribution in [2.45, 2.75) is 53.4 Å². The monoisotopic (exact) mass is 756 g/mol. The molecule has 0 saturated heterocycles. The number of carbonyl (C=O) groups excluding carboxylic acids is 1. The van der Waals surface area contributed by atoms with E-state index in [0.717, 1.165) is 14.7 Å². The lowest BCUT2D eigenvalue weighted by atomic mass is 9.95. The zero-order valence-corrected chi connectivity index (χ0v) is 29.1. The molecular weight excluding hydrogens is 722 g/mol. The molecule has 240 valence electrons. The van der Waals surface area contributed by atoms with Crippen molar-refractivity contribution in [3.05, 3.63) is 118 Å². The number of thiazole rings is 1. The summed E-state index contributed by atoms with van der Waals surface area (Å²) in [4.78, 5) is 32.7. The molecule has 1 aromatic heterocycles. The minimum atomic E-state index is -0.797. The van der Waals surface area contributed by atoms with E-state index >= 15 is 0 Å². The number of allylic oxidation sites excluding steroid dienone is 1. The van der Waals surface area contributed by atoms with Crippen LogP contribution in [-0.2, 0) is 16.1 Å². The number of aromatic nitrogens is 1. The number of carbonyl (C=O) groups is 1. The normalized spacial score (nSPS) is 14.6. The zero-order valence-electron chi connectivity index (χ0n) is 26.1. The van der Waals surface area contributed by atoms with Crippen LogP contribution in [0.2, 0.25) is 0 Å². The van der Waals surface area contributed by atoms with E-state index in [9.17, 15) is 14.0 Å². The summed E-state index contributed by atoms with van der Waals surface area (Å²) in [7, 11) is 0. The maximum absolute atomic E-state index is 14.2. The molecule has 1 atom stereocenters. The van der Waals surface area contributed by atoms with E-state index in [1.807, 2.05) is 57.2 Å². The van der Waals surface area contributed by atoms with Gasteiger partial charge in [0.15, 0.2) is 16.3 Å². The molecule has 2 heterocycles. The van der Waals surface area contributed by atoms with Crippen molar-refractivity contribution in [3.63, 3.8) is 0 Å². The second-order valence-corrected chi connectivity index (χ2v) is 12.9. The highest BCUT2D eigenvalue weighted by Gasteiger charge is 2.35. The Hall–Kier alpha value is -3.97. The standard InChI is InChI=1S/C35H34FIN2O6S/c1-6-42-28-17-23(16-26(37)32(28)44-19-22-12-14-24(36)15-13-22)18-29-33(40)39-31(25-10-8-9-11-27(25)45-20(3)4)30(34(41)43-7-2)21(5)38-35(39)46-29/h8-18,20,31H,6-7,19H2,1-5H3/b29-18+/t31-/m1/s1. The number of fused-ring (bicyclic) bond motifs is 1. The SMILES string of the molecule is CCOC(=O)C1=C(C)N=c2s/c(=C/c3cc(I)c(OCc4ccc(F)cc4)c(OCC)c3)c(=O)n2[C@@H]1c1ccccc1OC(C)C. The minimum Gasteiger partial charge on any atom is -0.491 e. The van der Waals surface area contributed by atoms with Gasteiger partial charge in [-0.25, -0.2) is 14.2 Å². The molecule has 5 rings (SSSR count). The Morgan fingerprint density at radius 1 is 1.07 bits per heavy atom. The van der Waals surface area contributed by atoms with Crippen LogP contribution in [0.25, 0.3) is 6.08 Å². The third-order valence-corrected chi connectivity index (χ3v) is 8.80. The summed E-state index contributed by atoms with van der Waals surface area (Å²) < 4.78 is 39.7. The molecule has 0 spiro atoms. The van der Waals surface area contributed by atoms with Gasteiger partial charge in [0, 0.05) is 5.56 Å². The van der Waals surface area contributed by atoms with Gasteiger partial charge in [0.1, 0.15) is 24.2 Å². The van der Waals surface area contributed by atoms with E-state index in [0.29, 0.717) is 44.4 Å². The Morgan fingerprint density at radius 3 is 2.50 bits per heavy atom. The molecule has 0 N–H and O–H groups in total. The van der Waals surface area contributed by atoms with Crippen LogP contribution in [0.15, 0.2) is 81.7 Å². The van der Waals surface area contributed by atoms with Crippen molar-refractivity contribution in [2.75, 3.05) is 13.2 Å². The first kappa shape index (κ1) is 33.4. The van der Waals surface area contributed by atoms with Crippen molar-refractivity contribution in [1.82, 2.24) is 4.57 Å². The number of nitrogens with zero attached hydrogens (tertiary/aromatic N) is 2. The molecule has 1 aliphatic rings. The molecule has 46 heavy (non-hydrogen) atoms. The van der Waals surface area contributed by atoms with Gasteiger partial charge in [-0.05, 0) is 105 Å². The van der Waals surface area contributed by atoms with Gasteiger partial charge in [-0.15, -0.1) is 0 Å². The summed E-state index contributed by atoms with van der Waals surface area (Å²) in [5, 5.41) is 0. The first-order valence-corrected chi connectivity index (χ1v) is 16.8. The smallest absolute Gasteiger partial charge is 0.338 e. The van der Waals surface area contributed by atoms with Crippen LogP contribution in [-0.4, -0.2) is 29.9 Å². The summed E-state index contributed by atoms with van der Waals surface area (Å²) in [5.41, 5.74) is 2.68. The van der Waals surface area contributed by atoms with Crippen molar-refractivity contribution in [2.24, 2.45) is 4.99 Å². The predicted octanol–water partition coefficient (Wildman–Crippen LogP) is 6.31. The maximum atomic E-state index is 14.2. The summed E-state index contributed by atoms with van der Waals surface area (Å²) in [6.45, 7) is 10.0. The summed E-state index contributed by atoms with van der Waals surface area (Å²) in [6, 6.07) is 16.5. The first-order chi connectivity index (χ1) is 22.1. The van der Waals surface area contributed by atoms with Gasteiger partial charge in [0.05, 0.1) is 38.7 Å². The van der Waals surface area contributed by atoms with Gasteiger partial charge < -0.3 is 18.9 Å². The molecule has 0 fully saturated rings. The number of para-hydroxylation sites is 1. The van der Waals surface area contributed by atoms with Crippen LogP contribution >= 0.6 is 33.9 Å². The average molecular weight is 757 g/mol. The zero-order chi connectivity index (χ0) is 33.0. The van der Waals surface area contributed by atoms with E-state index in [4.69, 9.17) is 18.9 Å². The first-order valence-electron chi connectivity index (χ1n) is 14.9. The van der Waals surface area contributed by atoms with E-state index in [2.05, 4.69) is 27.6 Å². The summed E-state index contributed by atoms with van der Waals surface area (Å²) >= 11 is 3.42. The lowest BCUT2D eigenvalue weighted by Gasteiger charge is -2.26. The fraction of sp³-hybridized carbons (Fsp3) is 0.286. The highest BCUT2D eigenvalue weighted by Crippen LogP contribution is 2.37. The van der Waals surface area contributed by atoms with Crippen molar-refractivity contribution in [3.8, 4) is 17.2 Å². The maximum Gasteiger partial charge on any atom is 0.338 e. The molecule has 8 nitrogen and oxygen atoms in total. The number of rotatable bonds is 11. The Kier molecular flexibility index (Phi) is 10.6. The van der Waals surface area contributed by atoms with Gasteiger partial charge in [0.2, 0.25) is 0 Å². The molecule has 0 aliphatic carbocycles. The topological polar surface area (TPSA) is 88.4 Å². The highest BCUT2D eigenvalue weighted by molar-refractivity contribution is 14.1. The van der Waals surface area contributed by atoms with Gasteiger partial charge >= 0.3 is 5.97 Å². The molecule has 1 aliphatic heterocycles. The quantitative estimate of drug-likeness (QED) is 0.132. The third kappa shape index (κ3) is 7.20. The molecule has 0 amide bonds. The highest BCUT2D eigenvalue weighted by atomic mass is 127. The van der Waals surface area contributed by atoms with E-state index in [1.54, 1.807) is 36.6 Å². The number of hydrogen-bond donors (Lipinski definition) is 0. The largest absolute Gasteiger partial charge is 0.491 e. The lowest BCUT2D eigenvalue weighted by molar-refractivity contribution is -0.139. The number of benzene rings is 3. The Balaban J connectivity index is 1.61. The van der Waals surface area contributed by atoms with Crippen LogP contribution < -0.4 is 29.1 Å². The summed E-state index contributed by atoms with van der Waals surface area (Å²) in [6.07, 6.45) is 1.66. The van der Waals surface area contributed by atoms with Crippen molar-refractivity contribution < 1.29 is 28.1 Å². The molecule has 0 unspecified atom stereocenters. The second kappa shape index (κ2) is 14.6. The number of esters is 1. The van der Waals surface area contributed by atoms with Crippen LogP contribution in [0.4, 0.5) is 4.39 Å².